The molecule has 1 N–H and O–H groups in total. The molecule has 0 aliphatic heterocycles. The molecule has 120 valence electrons. The highest BCUT2D eigenvalue weighted by atomic mass is 35.5. The van der Waals surface area contributed by atoms with E-state index in [-0.39, 0.29) is 10.6 Å². The number of methoxy groups -OCH3 is 1. The number of carbonyl (C=O) groups excluding carboxylic acids is 2. The van der Waals surface area contributed by atoms with Gasteiger partial charge in [-0.2, -0.15) is 0 Å². The topological polar surface area (TPSA) is 64.6 Å². The first-order valence-corrected chi connectivity index (χ1v) is 7.29. The van der Waals surface area contributed by atoms with E-state index in [0.29, 0.717) is 11.4 Å². The van der Waals surface area contributed by atoms with Crippen LogP contribution in [0.5, 0.6) is 5.75 Å². The minimum absolute atomic E-state index is 0.218. The van der Waals surface area contributed by atoms with Gasteiger partial charge < -0.3 is 14.8 Å². The number of hydrogen-bond acceptors (Lipinski definition) is 4. The Morgan fingerprint density at radius 3 is 2.57 bits per heavy atom. The van der Waals surface area contributed by atoms with Crippen molar-refractivity contribution in [3.05, 3.63) is 59.1 Å². The van der Waals surface area contributed by atoms with Crippen molar-refractivity contribution in [1.82, 2.24) is 0 Å². The second kappa shape index (κ2) is 7.65. The summed E-state index contributed by atoms with van der Waals surface area (Å²) >= 11 is 5.93. The molecule has 5 nitrogen and oxygen atoms in total. The molecule has 0 bridgehead atoms. The number of amides is 1. The lowest BCUT2D eigenvalue weighted by Gasteiger charge is -2.14. The molecule has 1 amide bonds. The molecule has 0 radical (unpaired) electrons. The van der Waals surface area contributed by atoms with E-state index in [2.05, 4.69) is 5.32 Å². The Hall–Kier alpha value is -2.53. The molecule has 0 unspecified atom stereocenters. The highest BCUT2D eigenvalue weighted by Gasteiger charge is 2.20. The highest BCUT2D eigenvalue weighted by Crippen LogP contribution is 2.18. The average molecular weight is 334 g/mol. The van der Waals surface area contributed by atoms with Gasteiger partial charge in [0, 0.05) is 11.8 Å². The fraction of sp³-hybridized carbons (Fsp3) is 0.176. The van der Waals surface area contributed by atoms with Crippen molar-refractivity contribution in [2.75, 3.05) is 12.4 Å². The van der Waals surface area contributed by atoms with Gasteiger partial charge in [-0.05, 0) is 31.2 Å². The molecule has 2 aromatic carbocycles. The Morgan fingerprint density at radius 1 is 1.13 bits per heavy atom. The van der Waals surface area contributed by atoms with E-state index in [0.717, 1.165) is 0 Å². The van der Waals surface area contributed by atoms with Crippen LogP contribution < -0.4 is 10.1 Å². The quantitative estimate of drug-likeness (QED) is 0.850. The van der Waals surface area contributed by atoms with E-state index in [1.54, 1.807) is 42.5 Å². The maximum absolute atomic E-state index is 12.1. The summed E-state index contributed by atoms with van der Waals surface area (Å²) in [6.07, 6.45) is -0.968. The lowest BCUT2D eigenvalue weighted by molar-refractivity contribution is -0.123. The molecular formula is C17H16ClNO4. The molecule has 0 spiro atoms. The molecule has 0 aromatic heterocycles. The molecule has 0 heterocycles. The first kappa shape index (κ1) is 16.8. The fourth-order valence-electron chi connectivity index (χ4n) is 1.85. The SMILES string of the molecule is COc1cccc(NC(=O)[C@H](C)OC(=O)c2ccccc2Cl)c1. The Balaban J connectivity index is 1.99. The number of benzene rings is 2. The van der Waals surface area contributed by atoms with Gasteiger partial charge in [0.1, 0.15) is 5.75 Å². The lowest BCUT2D eigenvalue weighted by Crippen LogP contribution is -2.30. The average Bonchev–Trinajstić information content (AvgIpc) is 2.55. The van der Waals surface area contributed by atoms with E-state index in [1.807, 2.05) is 0 Å². The third-order valence-electron chi connectivity index (χ3n) is 3.08. The van der Waals surface area contributed by atoms with Crippen molar-refractivity contribution in [3.8, 4) is 5.75 Å². The van der Waals surface area contributed by atoms with Crippen LogP contribution >= 0.6 is 11.6 Å². The maximum Gasteiger partial charge on any atom is 0.340 e. The summed E-state index contributed by atoms with van der Waals surface area (Å²) in [5, 5.41) is 2.93. The summed E-state index contributed by atoms with van der Waals surface area (Å²) in [6.45, 7) is 1.49. The predicted octanol–water partition coefficient (Wildman–Crippen LogP) is 3.53. The fourth-order valence-corrected chi connectivity index (χ4v) is 2.06. The zero-order chi connectivity index (χ0) is 16.8. The third kappa shape index (κ3) is 4.47. The number of halogens is 1. The molecule has 0 fully saturated rings. The van der Waals surface area contributed by atoms with Crippen LogP contribution in [0.1, 0.15) is 17.3 Å². The smallest absolute Gasteiger partial charge is 0.340 e. The van der Waals surface area contributed by atoms with Crippen molar-refractivity contribution in [2.45, 2.75) is 13.0 Å². The van der Waals surface area contributed by atoms with Crippen molar-refractivity contribution in [3.63, 3.8) is 0 Å². The summed E-state index contributed by atoms with van der Waals surface area (Å²) in [5.74, 6) is -0.480. The number of esters is 1. The molecule has 0 saturated carbocycles. The van der Waals surface area contributed by atoms with Crippen LogP contribution in [0, 0.1) is 0 Å². The normalized spacial score (nSPS) is 11.4. The minimum atomic E-state index is -0.968. The van der Waals surface area contributed by atoms with E-state index in [1.165, 1.54) is 20.1 Å². The third-order valence-corrected chi connectivity index (χ3v) is 3.41. The molecule has 23 heavy (non-hydrogen) atoms. The largest absolute Gasteiger partial charge is 0.497 e. The van der Waals surface area contributed by atoms with Gasteiger partial charge in [0.2, 0.25) is 0 Å². The summed E-state index contributed by atoms with van der Waals surface area (Å²) in [4.78, 5) is 24.1. The number of rotatable bonds is 5. The van der Waals surface area contributed by atoms with Gasteiger partial charge in [-0.1, -0.05) is 29.8 Å². The predicted molar refractivity (Wildman–Crippen MR) is 88.0 cm³/mol. The summed E-state index contributed by atoms with van der Waals surface area (Å²) in [6, 6.07) is 13.4. The lowest BCUT2D eigenvalue weighted by atomic mass is 10.2. The number of carbonyl (C=O) groups is 2. The van der Waals surface area contributed by atoms with Crippen LogP contribution in [0.4, 0.5) is 5.69 Å². The minimum Gasteiger partial charge on any atom is -0.497 e. The Bertz CT molecular complexity index is 717. The van der Waals surface area contributed by atoms with Gasteiger partial charge in [0.15, 0.2) is 6.10 Å². The molecule has 6 heteroatoms. The molecular weight excluding hydrogens is 318 g/mol. The number of ether oxygens (including phenoxy) is 2. The Kier molecular flexibility index (Phi) is 5.60. The van der Waals surface area contributed by atoms with Gasteiger partial charge in [0.25, 0.3) is 5.91 Å². The van der Waals surface area contributed by atoms with Gasteiger partial charge in [-0.15, -0.1) is 0 Å². The standard InChI is InChI=1S/C17H16ClNO4/c1-11(23-17(21)14-8-3-4-9-15(14)18)16(20)19-12-6-5-7-13(10-12)22-2/h3-11H,1-2H3,(H,19,20)/t11-/m0/s1. The molecule has 0 aliphatic carbocycles. The van der Waals surface area contributed by atoms with Crippen LogP contribution in [0.15, 0.2) is 48.5 Å². The van der Waals surface area contributed by atoms with Crippen LogP contribution in [0.3, 0.4) is 0 Å². The monoisotopic (exact) mass is 333 g/mol. The molecule has 2 rings (SSSR count). The Labute approximate surface area is 139 Å². The number of nitrogens with one attached hydrogen (secondary N) is 1. The van der Waals surface area contributed by atoms with Crippen LogP contribution in [-0.2, 0) is 9.53 Å². The maximum atomic E-state index is 12.1. The van der Waals surface area contributed by atoms with Gasteiger partial charge in [-0.3, -0.25) is 4.79 Å². The number of anilines is 1. The zero-order valence-corrected chi connectivity index (χ0v) is 13.5. The second-order valence-corrected chi connectivity index (χ2v) is 5.16. The first-order valence-electron chi connectivity index (χ1n) is 6.91. The van der Waals surface area contributed by atoms with E-state index in [9.17, 15) is 9.59 Å². The molecule has 1 atom stereocenters. The van der Waals surface area contributed by atoms with Crippen LogP contribution in [0.25, 0.3) is 0 Å². The van der Waals surface area contributed by atoms with Crippen molar-refractivity contribution >= 4 is 29.2 Å². The second-order valence-electron chi connectivity index (χ2n) is 4.75. The molecule has 0 aliphatic rings. The Morgan fingerprint density at radius 2 is 1.87 bits per heavy atom. The summed E-state index contributed by atoms with van der Waals surface area (Å²) < 4.78 is 10.2. The first-order chi connectivity index (χ1) is 11.0. The molecule has 2 aromatic rings. The van der Waals surface area contributed by atoms with Gasteiger partial charge in [0.05, 0.1) is 17.7 Å². The van der Waals surface area contributed by atoms with Crippen molar-refractivity contribution < 1.29 is 19.1 Å². The van der Waals surface area contributed by atoms with Gasteiger partial charge in [-0.25, -0.2) is 4.79 Å². The summed E-state index contributed by atoms with van der Waals surface area (Å²) in [5.41, 5.74) is 0.769. The van der Waals surface area contributed by atoms with E-state index >= 15 is 0 Å². The number of hydrogen-bond donors (Lipinski definition) is 1. The molecule has 0 saturated heterocycles. The summed E-state index contributed by atoms with van der Waals surface area (Å²) in [7, 11) is 1.54. The van der Waals surface area contributed by atoms with Crippen LogP contribution in [-0.4, -0.2) is 25.1 Å². The highest BCUT2D eigenvalue weighted by molar-refractivity contribution is 6.33. The van der Waals surface area contributed by atoms with Crippen LogP contribution in [0.2, 0.25) is 5.02 Å². The van der Waals surface area contributed by atoms with E-state index < -0.39 is 18.0 Å². The van der Waals surface area contributed by atoms with Gasteiger partial charge >= 0.3 is 5.97 Å². The van der Waals surface area contributed by atoms with Crippen molar-refractivity contribution in [2.24, 2.45) is 0 Å². The zero-order valence-electron chi connectivity index (χ0n) is 12.7. The van der Waals surface area contributed by atoms with E-state index in [4.69, 9.17) is 21.1 Å². The van der Waals surface area contributed by atoms with Crippen molar-refractivity contribution in [1.29, 1.82) is 0 Å².